The average Bonchev–Trinajstić information content (AvgIpc) is 2.86. The zero-order chi connectivity index (χ0) is 20.6. The van der Waals surface area contributed by atoms with Gasteiger partial charge in [0.2, 0.25) is 5.91 Å². The Labute approximate surface area is 172 Å². The van der Waals surface area contributed by atoms with Crippen molar-refractivity contribution in [1.82, 2.24) is 5.43 Å². The second kappa shape index (κ2) is 9.92. The summed E-state index contributed by atoms with van der Waals surface area (Å²) in [6.45, 7) is 6.95. The van der Waals surface area contributed by atoms with Gasteiger partial charge in [-0.15, -0.1) is 0 Å². The van der Waals surface area contributed by atoms with Gasteiger partial charge < -0.3 is 9.47 Å². The third-order valence-electron chi connectivity index (χ3n) is 4.85. The first kappa shape index (κ1) is 20.6. The van der Waals surface area contributed by atoms with Crippen LogP contribution in [0, 0.1) is 0 Å². The van der Waals surface area contributed by atoms with E-state index in [9.17, 15) is 4.79 Å². The van der Waals surface area contributed by atoms with Crippen molar-refractivity contribution in [3.63, 3.8) is 0 Å². The Kier molecular flexibility index (Phi) is 7.06. The summed E-state index contributed by atoms with van der Waals surface area (Å²) in [7, 11) is 0. The largest absolute Gasteiger partial charge is 0.490 e. The number of hydrogen-bond acceptors (Lipinski definition) is 4. The first-order chi connectivity index (χ1) is 14.2. The number of allylic oxidation sites excluding steroid dienone is 1. The first-order valence-electron chi connectivity index (χ1n) is 10.2. The Morgan fingerprint density at radius 3 is 2.38 bits per heavy atom. The van der Waals surface area contributed by atoms with E-state index < -0.39 is 0 Å². The van der Waals surface area contributed by atoms with Crippen LogP contribution in [0.1, 0.15) is 56.2 Å². The maximum atomic E-state index is 12.6. The summed E-state index contributed by atoms with van der Waals surface area (Å²) >= 11 is 0. The van der Waals surface area contributed by atoms with Crippen molar-refractivity contribution in [1.29, 1.82) is 0 Å². The molecule has 1 aliphatic rings. The molecule has 0 radical (unpaired) electrons. The molecule has 29 heavy (non-hydrogen) atoms. The number of rotatable bonds is 8. The standard InChI is InChI=1S/C24H28N2O3/c1-4-18-19-15-22(28-5-2)23(29-6-3)16-20(19)21(25-26-24(18)27)14-10-13-17-11-8-7-9-12-17/h7-13,15-16,18H,4-6,14H2,1-3H3,(H,26,27). The lowest BCUT2D eigenvalue weighted by molar-refractivity contribution is -0.122. The highest BCUT2D eigenvalue weighted by Crippen LogP contribution is 2.37. The van der Waals surface area contributed by atoms with Crippen LogP contribution >= 0.6 is 0 Å². The van der Waals surface area contributed by atoms with Gasteiger partial charge in [0, 0.05) is 12.0 Å². The van der Waals surface area contributed by atoms with E-state index in [1.807, 2.05) is 51.1 Å². The van der Waals surface area contributed by atoms with Crippen LogP contribution in [0.5, 0.6) is 11.5 Å². The van der Waals surface area contributed by atoms with Crippen molar-refractivity contribution >= 4 is 17.7 Å². The summed E-state index contributed by atoms with van der Waals surface area (Å²) in [4.78, 5) is 12.6. The fourth-order valence-corrected chi connectivity index (χ4v) is 3.48. The maximum absolute atomic E-state index is 12.6. The zero-order valence-corrected chi connectivity index (χ0v) is 17.3. The van der Waals surface area contributed by atoms with Gasteiger partial charge in [-0.3, -0.25) is 4.79 Å². The Morgan fingerprint density at radius 1 is 1.03 bits per heavy atom. The van der Waals surface area contributed by atoms with Crippen molar-refractivity contribution in [2.24, 2.45) is 5.10 Å². The number of carbonyl (C=O) groups excluding carboxylic acids is 1. The molecule has 5 nitrogen and oxygen atoms in total. The summed E-state index contributed by atoms with van der Waals surface area (Å²) in [5.74, 6) is 0.971. The number of hydrogen-bond donors (Lipinski definition) is 1. The lowest BCUT2D eigenvalue weighted by atomic mass is 9.88. The van der Waals surface area contributed by atoms with Gasteiger partial charge in [-0.25, -0.2) is 5.43 Å². The summed E-state index contributed by atoms with van der Waals surface area (Å²) < 4.78 is 11.6. The molecule has 1 aliphatic heterocycles. The molecular formula is C24H28N2O3. The highest BCUT2D eigenvalue weighted by atomic mass is 16.5. The lowest BCUT2D eigenvalue weighted by Crippen LogP contribution is -2.23. The zero-order valence-electron chi connectivity index (χ0n) is 17.3. The minimum Gasteiger partial charge on any atom is -0.490 e. The van der Waals surface area contributed by atoms with Crippen LogP contribution in [0.15, 0.2) is 53.6 Å². The molecular weight excluding hydrogens is 364 g/mol. The number of hydrazone groups is 1. The van der Waals surface area contributed by atoms with Crippen LogP contribution < -0.4 is 14.9 Å². The highest BCUT2D eigenvalue weighted by molar-refractivity contribution is 6.06. The Morgan fingerprint density at radius 2 is 1.72 bits per heavy atom. The molecule has 5 heteroatoms. The summed E-state index contributed by atoms with van der Waals surface area (Å²) in [5, 5.41) is 4.42. The molecule has 1 amide bonds. The molecule has 1 heterocycles. The molecule has 1 unspecified atom stereocenters. The van der Waals surface area contributed by atoms with E-state index in [0.29, 0.717) is 37.6 Å². The molecule has 3 rings (SSSR count). The maximum Gasteiger partial charge on any atom is 0.247 e. The molecule has 0 aliphatic carbocycles. The predicted octanol–water partition coefficient (Wildman–Crippen LogP) is 4.92. The normalized spacial score (nSPS) is 16.0. The number of ether oxygens (including phenoxy) is 2. The van der Waals surface area contributed by atoms with Crippen molar-refractivity contribution in [2.45, 2.75) is 39.5 Å². The van der Waals surface area contributed by atoms with Crippen molar-refractivity contribution in [3.05, 3.63) is 65.2 Å². The third-order valence-corrected chi connectivity index (χ3v) is 4.85. The third kappa shape index (κ3) is 4.86. The molecule has 0 saturated carbocycles. The smallest absolute Gasteiger partial charge is 0.247 e. The lowest BCUT2D eigenvalue weighted by Gasteiger charge is -2.19. The fourth-order valence-electron chi connectivity index (χ4n) is 3.48. The van der Waals surface area contributed by atoms with E-state index in [-0.39, 0.29) is 11.8 Å². The molecule has 1 N–H and O–H groups in total. The quantitative estimate of drug-likeness (QED) is 0.694. The molecule has 0 saturated heterocycles. The average molecular weight is 392 g/mol. The van der Waals surface area contributed by atoms with Gasteiger partial charge in [-0.05, 0) is 43.5 Å². The van der Waals surface area contributed by atoms with E-state index in [0.717, 1.165) is 22.4 Å². The summed E-state index contributed by atoms with van der Waals surface area (Å²) in [5.41, 5.74) is 6.52. The number of fused-ring (bicyclic) bond motifs is 1. The second-order valence-corrected chi connectivity index (χ2v) is 6.76. The molecule has 0 fully saturated rings. The molecule has 2 aromatic rings. The fraction of sp³-hybridized carbons (Fsp3) is 0.333. The highest BCUT2D eigenvalue weighted by Gasteiger charge is 2.28. The number of nitrogens with zero attached hydrogens (tertiary/aromatic N) is 1. The van der Waals surface area contributed by atoms with Gasteiger partial charge >= 0.3 is 0 Å². The minimum absolute atomic E-state index is 0.0950. The molecule has 0 spiro atoms. The second-order valence-electron chi connectivity index (χ2n) is 6.76. The number of carbonyl (C=O) groups is 1. The van der Waals surface area contributed by atoms with Gasteiger partial charge in [-0.1, -0.05) is 49.4 Å². The van der Waals surface area contributed by atoms with Crippen molar-refractivity contribution in [2.75, 3.05) is 13.2 Å². The van der Waals surface area contributed by atoms with E-state index >= 15 is 0 Å². The van der Waals surface area contributed by atoms with E-state index in [1.54, 1.807) is 0 Å². The molecule has 1 atom stereocenters. The van der Waals surface area contributed by atoms with Crippen LogP contribution in [-0.2, 0) is 4.79 Å². The summed E-state index contributed by atoms with van der Waals surface area (Å²) in [6, 6.07) is 14.0. The molecule has 0 aromatic heterocycles. The van der Waals surface area contributed by atoms with E-state index in [1.165, 1.54) is 0 Å². The molecule has 152 valence electrons. The minimum atomic E-state index is -0.278. The topological polar surface area (TPSA) is 59.9 Å². The number of nitrogens with one attached hydrogen (secondary N) is 1. The van der Waals surface area contributed by atoms with Crippen LogP contribution in [0.4, 0.5) is 0 Å². The van der Waals surface area contributed by atoms with Gasteiger partial charge in [0.15, 0.2) is 11.5 Å². The van der Waals surface area contributed by atoms with Crippen molar-refractivity contribution < 1.29 is 14.3 Å². The van der Waals surface area contributed by atoms with Crippen LogP contribution in [0.3, 0.4) is 0 Å². The van der Waals surface area contributed by atoms with Gasteiger partial charge in [0.1, 0.15) is 0 Å². The van der Waals surface area contributed by atoms with Gasteiger partial charge in [0.05, 0.1) is 24.8 Å². The number of benzene rings is 2. The molecule has 0 bridgehead atoms. The Balaban J connectivity index is 2.01. The monoisotopic (exact) mass is 392 g/mol. The van der Waals surface area contributed by atoms with Gasteiger partial charge in [0.25, 0.3) is 0 Å². The van der Waals surface area contributed by atoms with Crippen molar-refractivity contribution in [3.8, 4) is 11.5 Å². The molecule has 2 aromatic carbocycles. The van der Waals surface area contributed by atoms with E-state index in [2.05, 4.69) is 34.8 Å². The van der Waals surface area contributed by atoms with Crippen LogP contribution in [0.25, 0.3) is 6.08 Å². The van der Waals surface area contributed by atoms with E-state index in [4.69, 9.17) is 9.47 Å². The SMILES string of the molecule is CCOc1cc2c(cc1OCC)C(CC)C(=O)NN=C2CC=Cc1ccccc1. The predicted molar refractivity (Wildman–Crippen MR) is 117 cm³/mol. The Bertz CT molecular complexity index is 904. The van der Waals surface area contributed by atoms with Crippen LogP contribution in [0.2, 0.25) is 0 Å². The Hall–Kier alpha value is -3.08. The van der Waals surface area contributed by atoms with Gasteiger partial charge in [-0.2, -0.15) is 5.10 Å². The summed E-state index contributed by atoms with van der Waals surface area (Å²) in [6.07, 6.45) is 5.40. The van der Waals surface area contributed by atoms with Crippen LogP contribution in [-0.4, -0.2) is 24.8 Å². The first-order valence-corrected chi connectivity index (χ1v) is 10.2. The number of amides is 1.